The summed E-state index contributed by atoms with van der Waals surface area (Å²) in [5.74, 6) is -0.855. The van der Waals surface area contributed by atoms with E-state index in [1.165, 1.54) is 18.0 Å². The van der Waals surface area contributed by atoms with E-state index >= 15 is 0 Å². The maximum Gasteiger partial charge on any atom is 0.416 e. The van der Waals surface area contributed by atoms with Gasteiger partial charge >= 0.3 is 6.18 Å². The number of aromatic nitrogens is 4. The van der Waals surface area contributed by atoms with Gasteiger partial charge in [0.1, 0.15) is 5.69 Å². The van der Waals surface area contributed by atoms with Gasteiger partial charge in [-0.25, -0.2) is 23.4 Å². The fourth-order valence-corrected chi connectivity index (χ4v) is 3.81. The summed E-state index contributed by atoms with van der Waals surface area (Å²) in [7, 11) is -2.33. The lowest BCUT2D eigenvalue weighted by molar-refractivity contribution is -0.144. The van der Waals surface area contributed by atoms with Crippen LogP contribution in [-0.4, -0.2) is 64.3 Å². The molecule has 0 saturated carbocycles. The lowest BCUT2D eigenvalue weighted by atomic mass is 9.98. The number of hydrogen-bond donors (Lipinski definition) is 1. The van der Waals surface area contributed by atoms with Gasteiger partial charge in [0, 0.05) is 38.5 Å². The van der Waals surface area contributed by atoms with Crippen LogP contribution in [0.4, 0.5) is 13.2 Å². The first-order valence-electron chi connectivity index (χ1n) is 9.37. The second-order valence-electron chi connectivity index (χ2n) is 7.53. The van der Waals surface area contributed by atoms with Crippen molar-refractivity contribution in [3.8, 4) is 22.8 Å². The van der Waals surface area contributed by atoms with Crippen molar-refractivity contribution >= 4 is 15.7 Å². The number of carbonyl (C=O) groups is 1. The van der Waals surface area contributed by atoms with E-state index in [4.69, 9.17) is 4.52 Å². The zero-order valence-electron chi connectivity index (χ0n) is 17.2. The van der Waals surface area contributed by atoms with E-state index in [1.807, 2.05) is 0 Å². The molecule has 4 rings (SSSR count). The number of aliphatic hydroxyl groups is 1. The van der Waals surface area contributed by atoms with Crippen molar-refractivity contribution in [3.05, 3.63) is 41.8 Å². The molecule has 4 heterocycles. The van der Waals surface area contributed by atoms with Crippen molar-refractivity contribution in [2.24, 2.45) is 0 Å². The van der Waals surface area contributed by atoms with Gasteiger partial charge in [-0.1, -0.05) is 5.16 Å². The van der Waals surface area contributed by atoms with Crippen LogP contribution in [0.15, 0.2) is 40.1 Å². The van der Waals surface area contributed by atoms with Crippen LogP contribution < -0.4 is 0 Å². The van der Waals surface area contributed by atoms with Gasteiger partial charge in [-0.05, 0) is 18.2 Å². The van der Waals surface area contributed by atoms with E-state index in [-0.39, 0.29) is 41.5 Å². The van der Waals surface area contributed by atoms with Crippen LogP contribution in [0.3, 0.4) is 0 Å². The second kappa shape index (κ2) is 7.59. The van der Waals surface area contributed by atoms with E-state index in [1.54, 1.807) is 0 Å². The second-order valence-corrected chi connectivity index (χ2v) is 9.44. The lowest BCUT2D eigenvalue weighted by Crippen LogP contribution is -2.35. The molecule has 1 amide bonds. The van der Waals surface area contributed by atoms with E-state index in [0.717, 1.165) is 24.6 Å². The highest BCUT2D eigenvalue weighted by atomic mass is 32.2. The summed E-state index contributed by atoms with van der Waals surface area (Å²) < 4.78 is 69.3. The smallest absolute Gasteiger partial charge is 0.373 e. The first-order chi connectivity index (χ1) is 15.3. The molecule has 0 radical (unpaired) electrons. The van der Waals surface area contributed by atoms with Crippen molar-refractivity contribution in [1.82, 2.24) is 25.0 Å². The Kier molecular flexibility index (Phi) is 5.24. The molecule has 0 spiro atoms. The first kappa shape index (κ1) is 22.8. The number of likely N-dealkylation sites (tertiary alicyclic amines) is 1. The Morgan fingerprint density at radius 1 is 1.12 bits per heavy atom. The van der Waals surface area contributed by atoms with Crippen LogP contribution in [0.1, 0.15) is 17.7 Å². The Labute approximate surface area is 185 Å². The van der Waals surface area contributed by atoms with Crippen LogP contribution in [0.25, 0.3) is 22.8 Å². The minimum Gasteiger partial charge on any atom is -0.373 e. The fourth-order valence-electron chi connectivity index (χ4n) is 3.29. The summed E-state index contributed by atoms with van der Waals surface area (Å²) in [6.45, 7) is 0.258. The molecule has 1 fully saturated rings. The SMILES string of the molecule is CN1CC[C@@](O)(c2cc(-c3cc(C(F)(F)F)cc(-c4ccnc(S(C)(=O)=O)n4)n3)no2)C1=O. The third kappa shape index (κ3) is 4.18. The molecule has 1 atom stereocenters. The highest BCUT2D eigenvalue weighted by Gasteiger charge is 2.48. The number of pyridine rings is 1. The molecular weight excluding hydrogens is 467 g/mol. The van der Waals surface area contributed by atoms with Crippen LogP contribution in [0.5, 0.6) is 0 Å². The molecular formula is C19H16F3N5O5S. The predicted octanol–water partition coefficient (Wildman–Crippen LogP) is 1.67. The van der Waals surface area contributed by atoms with Gasteiger partial charge in [0.15, 0.2) is 5.76 Å². The number of alkyl halides is 3. The van der Waals surface area contributed by atoms with E-state index < -0.39 is 38.2 Å². The minimum atomic E-state index is -4.77. The maximum atomic E-state index is 13.6. The molecule has 1 N–H and O–H groups in total. The summed E-state index contributed by atoms with van der Waals surface area (Å²) in [4.78, 5) is 25.1. The van der Waals surface area contributed by atoms with Crippen molar-refractivity contribution in [3.63, 3.8) is 0 Å². The lowest BCUT2D eigenvalue weighted by Gasteiger charge is -2.16. The number of carbonyl (C=O) groups excluding carboxylic acids is 1. The molecule has 1 saturated heterocycles. The number of rotatable bonds is 4. The molecule has 14 heteroatoms. The topological polar surface area (TPSA) is 139 Å². The molecule has 0 aliphatic carbocycles. The third-order valence-corrected chi connectivity index (χ3v) is 5.93. The quantitative estimate of drug-likeness (QED) is 0.549. The average Bonchev–Trinajstić information content (AvgIpc) is 3.35. The summed E-state index contributed by atoms with van der Waals surface area (Å²) in [6, 6.07) is 3.79. The normalized spacial score (nSPS) is 19.3. The van der Waals surface area contributed by atoms with Gasteiger partial charge in [-0.3, -0.25) is 4.79 Å². The van der Waals surface area contributed by atoms with Gasteiger partial charge in [0.25, 0.3) is 5.91 Å². The Bertz CT molecular complexity index is 1360. The maximum absolute atomic E-state index is 13.6. The molecule has 33 heavy (non-hydrogen) atoms. The molecule has 0 bridgehead atoms. The third-order valence-electron chi connectivity index (χ3n) is 5.07. The zero-order valence-corrected chi connectivity index (χ0v) is 18.0. The number of amides is 1. The van der Waals surface area contributed by atoms with Crippen molar-refractivity contribution in [2.75, 3.05) is 19.8 Å². The molecule has 174 valence electrons. The van der Waals surface area contributed by atoms with Crippen molar-refractivity contribution in [1.29, 1.82) is 0 Å². The molecule has 3 aromatic heterocycles. The highest BCUT2D eigenvalue weighted by molar-refractivity contribution is 7.90. The number of likely N-dealkylation sites (N-methyl/N-ethyl adjacent to an activating group) is 1. The average molecular weight is 483 g/mol. The molecule has 10 nitrogen and oxygen atoms in total. The molecule has 3 aromatic rings. The van der Waals surface area contributed by atoms with Crippen molar-refractivity contribution < 1.29 is 36.0 Å². The standard InChI is InChI=1S/C19H16F3N5O5S/c1-27-6-4-18(29,16(27)28)15-9-14(26-32-15)13-8-10(19(20,21)22)7-12(24-13)11-3-5-23-17(25-11)33(2,30)31/h3,5,7-9,29H,4,6H2,1-2H3/t18-/m1/s1. The fraction of sp³-hybridized carbons (Fsp3) is 0.316. The largest absolute Gasteiger partial charge is 0.416 e. The molecule has 0 unspecified atom stereocenters. The Morgan fingerprint density at radius 2 is 1.79 bits per heavy atom. The van der Waals surface area contributed by atoms with E-state index in [0.29, 0.717) is 6.07 Å². The Balaban J connectivity index is 1.83. The number of hydrogen-bond acceptors (Lipinski definition) is 9. The number of halogens is 3. The zero-order chi connectivity index (χ0) is 24.2. The Hall–Kier alpha value is -3.39. The van der Waals surface area contributed by atoms with E-state index in [9.17, 15) is 31.5 Å². The number of nitrogens with zero attached hydrogens (tertiary/aromatic N) is 5. The minimum absolute atomic E-state index is 0.0213. The van der Waals surface area contributed by atoms with Gasteiger partial charge in [0.05, 0.1) is 22.6 Å². The Morgan fingerprint density at radius 3 is 2.36 bits per heavy atom. The monoisotopic (exact) mass is 483 g/mol. The summed E-state index contributed by atoms with van der Waals surface area (Å²) >= 11 is 0. The molecule has 0 aromatic carbocycles. The van der Waals surface area contributed by atoms with Gasteiger partial charge in [0.2, 0.25) is 20.6 Å². The van der Waals surface area contributed by atoms with Crippen LogP contribution >= 0.6 is 0 Å². The van der Waals surface area contributed by atoms with Crippen LogP contribution in [0.2, 0.25) is 0 Å². The predicted molar refractivity (Wildman–Crippen MR) is 105 cm³/mol. The van der Waals surface area contributed by atoms with E-state index in [2.05, 4.69) is 20.1 Å². The summed E-state index contributed by atoms with van der Waals surface area (Å²) in [5.41, 5.74) is -3.97. The first-order valence-corrected chi connectivity index (χ1v) is 11.3. The molecule has 1 aliphatic rings. The van der Waals surface area contributed by atoms with Crippen molar-refractivity contribution in [2.45, 2.75) is 23.4 Å². The molecule has 1 aliphatic heterocycles. The number of sulfone groups is 1. The summed E-state index contributed by atoms with van der Waals surface area (Å²) in [5, 5.41) is 13.8. The van der Waals surface area contributed by atoms with Crippen LogP contribution in [-0.2, 0) is 26.4 Å². The summed E-state index contributed by atoms with van der Waals surface area (Å²) in [6.07, 6.45) is -2.80. The van der Waals surface area contributed by atoms with Crippen LogP contribution in [0, 0.1) is 0 Å². The van der Waals surface area contributed by atoms with Gasteiger partial charge in [-0.15, -0.1) is 0 Å². The van der Waals surface area contributed by atoms with Gasteiger partial charge < -0.3 is 14.5 Å². The highest BCUT2D eigenvalue weighted by Crippen LogP contribution is 2.37. The van der Waals surface area contributed by atoms with Gasteiger partial charge in [-0.2, -0.15) is 13.2 Å².